The van der Waals surface area contributed by atoms with Gasteiger partial charge in [-0.3, -0.25) is 0 Å². The molecule has 0 fully saturated rings. The molecule has 1 aliphatic carbocycles. The number of hydrogen-bond acceptors (Lipinski definition) is 2. The zero-order chi connectivity index (χ0) is 14.4. The molecule has 2 heterocycles. The highest BCUT2D eigenvalue weighted by molar-refractivity contribution is 6.30. The first kappa shape index (κ1) is 12.5. The average Bonchev–Trinajstić information content (AvgIpc) is 2.89. The predicted octanol–water partition coefficient (Wildman–Crippen LogP) is 4.38. The molecule has 0 amide bonds. The molecule has 21 heavy (non-hydrogen) atoms. The van der Waals surface area contributed by atoms with Crippen LogP contribution in [0.25, 0.3) is 16.6 Å². The van der Waals surface area contributed by atoms with E-state index < -0.39 is 0 Å². The minimum atomic E-state index is 0.742. The molecule has 3 aromatic rings. The molecule has 0 bridgehead atoms. The van der Waals surface area contributed by atoms with Gasteiger partial charge in [0.25, 0.3) is 0 Å². The second-order valence-corrected chi connectivity index (χ2v) is 5.69. The Balaban J connectivity index is 2.01. The lowest BCUT2D eigenvalue weighted by Crippen LogP contribution is -2.11. The Kier molecular flexibility index (Phi) is 2.76. The van der Waals surface area contributed by atoms with E-state index in [2.05, 4.69) is 15.8 Å². The van der Waals surface area contributed by atoms with Crippen molar-refractivity contribution in [1.29, 1.82) is 0 Å². The Morgan fingerprint density at radius 1 is 1.05 bits per heavy atom. The number of oxime groups is 1. The van der Waals surface area contributed by atoms with Crippen molar-refractivity contribution in [1.82, 2.24) is 4.40 Å². The van der Waals surface area contributed by atoms with E-state index in [9.17, 15) is 5.21 Å². The van der Waals surface area contributed by atoms with Crippen LogP contribution in [0.3, 0.4) is 0 Å². The first-order valence-corrected chi connectivity index (χ1v) is 7.25. The van der Waals surface area contributed by atoms with E-state index in [1.54, 1.807) is 0 Å². The quantitative estimate of drug-likeness (QED) is 0.525. The van der Waals surface area contributed by atoms with Crippen LogP contribution in [0.5, 0.6) is 0 Å². The average molecular weight is 297 g/mol. The number of aryl methyl sites for hydroxylation is 1. The van der Waals surface area contributed by atoms with Crippen LogP contribution in [0.15, 0.2) is 53.9 Å². The number of nitrogens with zero attached hydrogens (tertiary/aromatic N) is 2. The van der Waals surface area contributed by atoms with Crippen molar-refractivity contribution in [3.05, 3.63) is 64.9 Å². The maximum atomic E-state index is 9.19. The van der Waals surface area contributed by atoms with Gasteiger partial charge in [0.05, 0.1) is 11.2 Å². The molecule has 2 aromatic heterocycles. The molecule has 0 radical (unpaired) electrons. The molecule has 4 heteroatoms. The fourth-order valence-electron chi connectivity index (χ4n) is 3.14. The van der Waals surface area contributed by atoms with Gasteiger partial charge in [0, 0.05) is 28.5 Å². The Hall–Kier alpha value is -2.26. The van der Waals surface area contributed by atoms with Crippen LogP contribution >= 0.6 is 11.6 Å². The number of halogens is 1. The summed E-state index contributed by atoms with van der Waals surface area (Å²) in [7, 11) is 0. The maximum absolute atomic E-state index is 9.19. The highest BCUT2D eigenvalue weighted by Gasteiger charge is 2.22. The normalized spacial score (nSPS) is 15.8. The first-order valence-electron chi connectivity index (χ1n) is 6.88. The van der Waals surface area contributed by atoms with Crippen LogP contribution in [0.4, 0.5) is 0 Å². The summed E-state index contributed by atoms with van der Waals surface area (Å²) < 4.78 is 2.11. The van der Waals surface area contributed by atoms with Gasteiger partial charge < -0.3 is 9.61 Å². The summed E-state index contributed by atoms with van der Waals surface area (Å²) in [6.45, 7) is 0. The third kappa shape index (κ3) is 1.85. The van der Waals surface area contributed by atoms with Gasteiger partial charge in [0.2, 0.25) is 0 Å². The summed E-state index contributed by atoms with van der Waals surface area (Å²) in [4.78, 5) is 0. The van der Waals surface area contributed by atoms with E-state index >= 15 is 0 Å². The summed E-state index contributed by atoms with van der Waals surface area (Å²) in [5, 5.41) is 13.4. The topological polar surface area (TPSA) is 37.0 Å². The molecule has 3 nitrogen and oxygen atoms in total. The smallest absolute Gasteiger partial charge is 0.0892 e. The van der Waals surface area contributed by atoms with E-state index in [0.717, 1.165) is 40.2 Å². The molecule has 1 aliphatic rings. The Bertz CT molecular complexity index is 862. The van der Waals surface area contributed by atoms with Crippen LogP contribution in [0.2, 0.25) is 5.02 Å². The van der Waals surface area contributed by atoms with Crippen LogP contribution < -0.4 is 0 Å². The van der Waals surface area contributed by atoms with Crippen molar-refractivity contribution in [3.63, 3.8) is 0 Å². The van der Waals surface area contributed by atoms with E-state index in [1.165, 1.54) is 11.1 Å². The summed E-state index contributed by atoms with van der Waals surface area (Å²) in [6.07, 6.45) is 5.80. The molecule has 104 valence electrons. The van der Waals surface area contributed by atoms with Crippen LogP contribution in [0, 0.1) is 0 Å². The molecule has 0 saturated carbocycles. The number of rotatable bonds is 1. The fourth-order valence-corrected chi connectivity index (χ4v) is 3.27. The van der Waals surface area contributed by atoms with Gasteiger partial charge >= 0.3 is 0 Å². The molecular weight excluding hydrogens is 284 g/mol. The minimum absolute atomic E-state index is 0.742. The zero-order valence-corrected chi connectivity index (χ0v) is 12.0. The second-order valence-electron chi connectivity index (χ2n) is 5.25. The van der Waals surface area contributed by atoms with Crippen LogP contribution in [0.1, 0.15) is 17.5 Å². The van der Waals surface area contributed by atoms with Gasteiger partial charge in [0.15, 0.2) is 0 Å². The summed E-state index contributed by atoms with van der Waals surface area (Å²) in [6, 6.07) is 11.9. The molecule has 1 N–H and O–H groups in total. The molecule has 1 aromatic carbocycles. The summed E-state index contributed by atoms with van der Waals surface area (Å²) in [5.74, 6) is 0. The summed E-state index contributed by atoms with van der Waals surface area (Å²) in [5.41, 5.74) is 6.60. The molecule has 0 unspecified atom stereocenters. The van der Waals surface area contributed by atoms with Crippen LogP contribution in [-0.2, 0) is 6.42 Å². The van der Waals surface area contributed by atoms with E-state index in [4.69, 9.17) is 11.6 Å². The Labute approximate surface area is 127 Å². The number of hydrogen-bond donors (Lipinski definition) is 1. The molecule has 0 saturated heterocycles. The monoisotopic (exact) mass is 296 g/mol. The zero-order valence-electron chi connectivity index (χ0n) is 11.3. The highest BCUT2D eigenvalue weighted by atomic mass is 35.5. The fraction of sp³-hybridized carbons (Fsp3) is 0.118. The van der Waals surface area contributed by atoms with Crippen molar-refractivity contribution < 1.29 is 5.21 Å². The maximum Gasteiger partial charge on any atom is 0.0892 e. The minimum Gasteiger partial charge on any atom is -0.411 e. The number of benzene rings is 1. The van der Waals surface area contributed by atoms with Crippen LogP contribution in [-0.4, -0.2) is 15.3 Å². The highest BCUT2D eigenvalue weighted by Crippen LogP contribution is 2.35. The third-order valence-corrected chi connectivity index (χ3v) is 4.35. The molecule has 0 atom stereocenters. The van der Waals surface area contributed by atoms with Crippen molar-refractivity contribution in [2.24, 2.45) is 5.16 Å². The van der Waals surface area contributed by atoms with E-state index in [1.807, 2.05) is 42.6 Å². The van der Waals surface area contributed by atoms with Crippen molar-refractivity contribution in [2.45, 2.75) is 12.8 Å². The lowest BCUT2D eigenvalue weighted by atomic mass is 9.91. The Morgan fingerprint density at radius 3 is 2.62 bits per heavy atom. The lowest BCUT2D eigenvalue weighted by Gasteiger charge is -2.15. The molecule has 0 aliphatic heterocycles. The van der Waals surface area contributed by atoms with Crippen molar-refractivity contribution in [2.75, 3.05) is 0 Å². The molecule has 4 rings (SSSR count). The van der Waals surface area contributed by atoms with Gasteiger partial charge in [-0.2, -0.15) is 0 Å². The summed E-state index contributed by atoms with van der Waals surface area (Å²) >= 11 is 5.98. The lowest BCUT2D eigenvalue weighted by molar-refractivity contribution is 0.318. The van der Waals surface area contributed by atoms with Gasteiger partial charge in [0.1, 0.15) is 0 Å². The van der Waals surface area contributed by atoms with Gasteiger partial charge in [-0.05, 0) is 48.2 Å². The first-order chi connectivity index (χ1) is 10.3. The van der Waals surface area contributed by atoms with Gasteiger partial charge in [-0.15, -0.1) is 0 Å². The third-order valence-electron chi connectivity index (χ3n) is 4.10. The SMILES string of the molecule is ON=C1CCc2c(-c3ccc(Cl)cc3)cn3cccc1c23. The van der Waals surface area contributed by atoms with Crippen molar-refractivity contribution >= 4 is 22.8 Å². The second kappa shape index (κ2) is 4.64. The Morgan fingerprint density at radius 2 is 1.86 bits per heavy atom. The standard InChI is InChI=1S/C17H13ClN2O/c18-12-5-3-11(4-6-12)15-10-20-9-1-2-14-16(19-21)8-7-13(15)17(14)20/h1-6,9-10,21H,7-8H2. The number of aromatic nitrogens is 1. The predicted molar refractivity (Wildman–Crippen MR) is 84.5 cm³/mol. The molecule has 0 spiro atoms. The van der Waals surface area contributed by atoms with E-state index in [-0.39, 0.29) is 0 Å². The number of pyridine rings is 1. The van der Waals surface area contributed by atoms with Gasteiger partial charge in [-0.25, -0.2) is 0 Å². The van der Waals surface area contributed by atoms with Crippen molar-refractivity contribution in [3.8, 4) is 11.1 Å². The van der Waals surface area contributed by atoms with Gasteiger partial charge in [-0.1, -0.05) is 28.9 Å². The largest absolute Gasteiger partial charge is 0.411 e. The molecular formula is C17H13ClN2O. The van der Waals surface area contributed by atoms with E-state index in [0.29, 0.717) is 0 Å².